The Labute approximate surface area is 104 Å². The highest BCUT2D eigenvalue weighted by molar-refractivity contribution is 7.93. The predicted octanol–water partition coefficient (Wildman–Crippen LogP) is 3.36. The van der Waals surface area contributed by atoms with Crippen LogP contribution in [-0.4, -0.2) is 21.2 Å². The topological polar surface area (TPSA) is 34.1 Å². The van der Waals surface area contributed by atoms with Crippen molar-refractivity contribution in [2.75, 3.05) is 0 Å². The quantitative estimate of drug-likeness (QED) is 0.624. The molecule has 0 aliphatic heterocycles. The zero-order valence-corrected chi connectivity index (χ0v) is 12.3. The van der Waals surface area contributed by atoms with Crippen LogP contribution >= 0.6 is 11.6 Å². The Bertz CT molecular complexity index is 437. The van der Waals surface area contributed by atoms with Gasteiger partial charge in [0.1, 0.15) is 4.71 Å². The number of sulfone groups is 1. The van der Waals surface area contributed by atoms with Crippen LogP contribution < -0.4 is 0 Å². The van der Waals surface area contributed by atoms with E-state index in [1.165, 1.54) is 0 Å². The van der Waals surface area contributed by atoms with Crippen molar-refractivity contribution >= 4 is 29.5 Å². The molecule has 0 aliphatic rings. The number of alkyl halides is 1. The fraction of sp³-hybridized carbons (Fsp3) is 0.455. The third-order valence-corrected chi connectivity index (χ3v) is 7.00. The molecule has 0 fully saturated rings. The van der Waals surface area contributed by atoms with E-state index in [1.807, 2.05) is 0 Å². The van der Waals surface area contributed by atoms with Crippen LogP contribution in [0.5, 0.6) is 0 Å². The van der Waals surface area contributed by atoms with E-state index in [1.54, 1.807) is 30.3 Å². The molecule has 5 heteroatoms. The average molecular weight is 277 g/mol. The van der Waals surface area contributed by atoms with Crippen molar-refractivity contribution in [3.8, 4) is 0 Å². The van der Waals surface area contributed by atoms with Crippen molar-refractivity contribution in [3.05, 3.63) is 30.3 Å². The maximum atomic E-state index is 12.1. The lowest BCUT2D eigenvalue weighted by atomic mass is 10.4. The lowest BCUT2D eigenvalue weighted by Gasteiger charge is -2.20. The smallest absolute Gasteiger partial charge is 0.194 e. The van der Waals surface area contributed by atoms with Crippen molar-refractivity contribution in [1.29, 1.82) is 0 Å². The predicted molar refractivity (Wildman–Crippen MR) is 71.4 cm³/mol. The molecule has 0 spiro atoms. The van der Waals surface area contributed by atoms with Gasteiger partial charge in [-0.25, -0.2) is 8.42 Å². The van der Waals surface area contributed by atoms with E-state index in [-0.39, 0.29) is 0 Å². The normalized spacial score (nSPS) is 14.8. The van der Waals surface area contributed by atoms with Gasteiger partial charge in [0, 0.05) is 8.07 Å². The van der Waals surface area contributed by atoms with Gasteiger partial charge in [-0.05, 0) is 18.2 Å². The minimum Gasteiger partial charge on any atom is -0.222 e. The molecule has 0 saturated carbocycles. The van der Waals surface area contributed by atoms with Gasteiger partial charge in [-0.1, -0.05) is 37.8 Å². The van der Waals surface area contributed by atoms with Gasteiger partial charge in [-0.3, -0.25) is 0 Å². The van der Waals surface area contributed by atoms with Crippen molar-refractivity contribution < 1.29 is 8.42 Å². The Hall–Kier alpha value is -0.323. The van der Waals surface area contributed by atoms with Crippen molar-refractivity contribution in [3.63, 3.8) is 0 Å². The molecule has 0 heterocycles. The molecule has 1 aromatic rings. The lowest BCUT2D eigenvalue weighted by molar-refractivity contribution is 0.594. The largest absolute Gasteiger partial charge is 0.222 e. The summed E-state index contributed by atoms with van der Waals surface area (Å²) in [6.07, 6.45) is 0. The summed E-state index contributed by atoms with van der Waals surface area (Å²) in [6, 6.07) is 8.98. The van der Waals surface area contributed by atoms with Gasteiger partial charge in [-0.15, -0.1) is 11.6 Å². The molecule has 2 nitrogen and oxygen atoms in total. The molecule has 1 aromatic carbocycles. The van der Waals surface area contributed by atoms with Crippen LogP contribution in [0.1, 0.15) is 0 Å². The first kappa shape index (κ1) is 13.7. The van der Waals surface area contributed by atoms with Crippen LogP contribution in [0.3, 0.4) is 0 Å². The number of hydrogen-bond acceptors (Lipinski definition) is 2. The summed E-state index contributed by atoms with van der Waals surface area (Å²) < 4.78 is 23.4. The van der Waals surface area contributed by atoms with Crippen molar-refractivity contribution in [1.82, 2.24) is 0 Å². The van der Waals surface area contributed by atoms with E-state index in [2.05, 4.69) is 19.6 Å². The van der Waals surface area contributed by atoms with Crippen LogP contribution in [0.15, 0.2) is 35.2 Å². The Morgan fingerprint density at radius 3 is 2.12 bits per heavy atom. The monoisotopic (exact) mass is 276 g/mol. The van der Waals surface area contributed by atoms with Crippen molar-refractivity contribution in [2.24, 2.45) is 0 Å². The summed E-state index contributed by atoms with van der Waals surface area (Å²) in [5.74, 6) is 0. The van der Waals surface area contributed by atoms with E-state index >= 15 is 0 Å². The number of hydrogen-bond donors (Lipinski definition) is 0. The summed E-state index contributed by atoms with van der Waals surface area (Å²) in [5.41, 5.74) is 0. The first-order valence-electron chi connectivity index (χ1n) is 5.16. The molecule has 0 bridgehead atoms. The highest BCUT2D eigenvalue weighted by Gasteiger charge is 2.30. The molecule has 0 aliphatic carbocycles. The maximum Gasteiger partial charge on any atom is 0.194 e. The molecule has 16 heavy (non-hydrogen) atoms. The Balaban J connectivity index is 2.96. The second-order valence-electron chi connectivity index (χ2n) is 5.03. The summed E-state index contributed by atoms with van der Waals surface area (Å²) in [7, 11) is -4.85. The number of halogens is 1. The molecule has 1 rings (SSSR count). The van der Waals surface area contributed by atoms with Gasteiger partial charge in [0.25, 0.3) is 0 Å². The summed E-state index contributed by atoms with van der Waals surface area (Å²) >= 11 is 6.04. The zero-order valence-electron chi connectivity index (χ0n) is 9.77. The Kier molecular flexibility index (Phi) is 4.21. The zero-order chi connectivity index (χ0) is 12.4. The van der Waals surface area contributed by atoms with Crippen LogP contribution in [0.4, 0.5) is 0 Å². The molecule has 0 N–H and O–H groups in total. The first-order valence-corrected chi connectivity index (χ1v) is 10.9. The second kappa shape index (κ2) is 4.90. The van der Waals surface area contributed by atoms with Crippen LogP contribution in [-0.2, 0) is 9.84 Å². The minimum absolute atomic E-state index is 0.313. The first-order chi connectivity index (χ1) is 7.23. The van der Waals surface area contributed by atoms with E-state index in [9.17, 15) is 8.42 Å². The fourth-order valence-corrected chi connectivity index (χ4v) is 7.22. The second-order valence-corrected chi connectivity index (χ2v) is 13.5. The van der Waals surface area contributed by atoms with Crippen LogP contribution in [0.2, 0.25) is 25.7 Å². The third-order valence-electron chi connectivity index (χ3n) is 2.18. The van der Waals surface area contributed by atoms with E-state index in [4.69, 9.17) is 11.6 Å². The van der Waals surface area contributed by atoms with Gasteiger partial charge in [0.05, 0.1) is 4.90 Å². The van der Waals surface area contributed by atoms with Crippen LogP contribution in [0.25, 0.3) is 0 Å². The summed E-state index contributed by atoms with van der Waals surface area (Å²) in [4.78, 5) is 0.313. The molecule has 1 atom stereocenters. The lowest BCUT2D eigenvalue weighted by Crippen LogP contribution is -2.28. The summed E-state index contributed by atoms with van der Waals surface area (Å²) in [6.45, 7) is 6.34. The molecule has 0 radical (unpaired) electrons. The molecular weight excluding hydrogens is 260 g/mol. The van der Waals surface area contributed by atoms with Crippen LogP contribution in [0, 0.1) is 0 Å². The standard InChI is InChI=1S/C11H17ClO2SSi/c1-16(2,3)9-11(12)15(13,14)10-7-5-4-6-8-10/h4-8,11H,9H2,1-3H3/t11-/m1/s1. The number of benzene rings is 1. The highest BCUT2D eigenvalue weighted by Crippen LogP contribution is 2.26. The Morgan fingerprint density at radius 2 is 1.69 bits per heavy atom. The van der Waals surface area contributed by atoms with Gasteiger partial charge >= 0.3 is 0 Å². The fourth-order valence-electron chi connectivity index (χ4n) is 1.35. The van der Waals surface area contributed by atoms with Gasteiger partial charge in [-0.2, -0.15) is 0 Å². The van der Waals surface area contributed by atoms with Gasteiger partial charge in [0.2, 0.25) is 0 Å². The maximum absolute atomic E-state index is 12.1. The van der Waals surface area contributed by atoms with E-state index in [0.29, 0.717) is 10.9 Å². The van der Waals surface area contributed by atoms with E-state index in [0.717, 1.165) is 0 Å². The molecule has 0 aromatic heterocycles. The third kappa shape index (κ3) is 3.61. The molecule has 0 saturated heterocycles. The summed E-state index contributed by atoms with van der Waals surface area (Å²) in [5, 5.41) is 0. The highest BCUT2D eigenvalue weighted by atomic mass is 35.5. The average Bonchev–Trinajstić information content (AvgIpc) is 2.16. The molecule has 90 valence electrons. The van der Waals surface area contributed by atoms with Gasteiger partial charge < -0.3 is 0 Å². The number of rotatable bonds is 4. The SMILES string of the molecule is C[Si](C)(C)C[C@H](Cl)S(=O)(=O)c1ccccc1. The van der Waals surface area contributed by atoms with Crippen molar-refractivity contribution in [2.45, 2.75) is 35.3 Å². The Morgan fingerprint density at radius 1 is 1.19 bits per heavy atom. The van der Waals surface area contributed by atoms with Gasteiger partial charge in [0.15, 0.2) is 9.84 Å². The van der Waals surface area contributed by atoms with E-state index < -0.39 is 22.6 Å². The minimum atomic E-state index is -3.37. The molecule has 0 amide bonds. The molecular formula is C11H17ClO2SSi. The molecule has 0 unspecified atom stereocenters.